The summed E-state index contributed by atoms with van der Waals surface area (Å²) in [5.41, 5.74) is 6.65. The normalized spacial score (nSPS) is 10.5. The molecule has 0 aromatic heterocycles. The van der Waals surface area contributed by atoms with E-state index in [1.165, 1.54) is 23.1 Å². The van der Waals surface area contributed by atoms with E-state index in [0.29, 0.717) is 16.3 Å². The highest BCUT2D eigenvalue weighted by Crippen LogP contribution is 2.23. The third-order valence-electron chi connectivity index (χ3n) is 3.05. The van der Waals surface area contributed by atoms with Crippen molar-refractivity contribution in [3.8, 4) is 0 Å². The molecule has 0 aliphatic carbocycles. The number of nitrogen functional groups attached to an aromatic ring is 1. The molecule has 2 N–H and O–H groups in total. The second kappa shape index (κ2) is 6.33. The largest absolute Gasteiger partial charge is 0.398 e. The summed E-state index contributed by atoms with van der Waals surface area (Å²) in [4.78, 5) is 13.7. The molecule has 0 saturated heterocycles. The Kier molecular flexibility index (Phi) is 4.70. The summed E-state index contributed by atoms with van der Waals surface area (Å²) in [6, 6.07) is 9.02. The van der Waals surface area contributed by atoms with E-state index >= 15 is 0 Å². The van der Waals surface area contributed by atoms with Crippen molar-refractivity contribution >= 4 is 34.8 Å². The monoisotopic (exact) mass is 326 g/mol. The fourth-order valence-electron chi connectivity index (χ4n) is 1.87. The summed E-state index contributed by atoms with van der Waals surface area (Å²) in [5, 5.41) is 0.586. The van der Waals surface area contributed by atoms with Gasteiger partial charge in [0.15, 0.2) is 0 Å². The van der Waals surface area contributed by atoms with Crippen molar-refractivity contribution in [1.29, 1.82) is 0 Å². The molecular weight excluding hydrogens is 314 g/mol. The Morgan fingerprint density at radius 1 is 1.24 bits per heavy atom. The number of anilines is 1. The lowest BCUT2D eigenvalue weighted by molar-refractivity contribution is 0.0784. The maximum absolute atomic E-state index is 13.7. The van der Waals surface area contributed by atoms with E-state index in [1.54, 1.807) is 25.2 Å². The summed E-state index contributed by atoms with van der Waals surface area (Å²) >= 11 is 11.9. The van der Waals surface area contributed by atoms with Gasteiger partial charge < -0.3 is 10.6 Å². The van der Waals surface area contributed by atoms with Crippen molar-refractivity contribution in [1.82, 2.24) is 4.90 Å². The van der Waals surface area contributed by atoms with Gasteiger partial charge in [0.1, 0.15) is 5.82 Å². The van der Waals surface area contributed by atoms with Gasteiger partial charge in [0.2, 0.25) is 0 Å². The number of hydrogen-bond acceptors (Lipinski definition) is 2. The molecule has 0 saturated carbocycles. The Balaban J connectivity index is 2.21. The van der Waals surface area contributed by atoms with Crippen molar-refractivity contribution in [3.05, 3.63) is 63.4 Å². The Bertz CT molecular complexity index is 671. The molecule has 0 heterocycles. The zero-order valence-corrected chi connectivity index (χ0v) is 12.7. The van der Waals surface area contributed by atoms with Crippen LogP contribution < -0.4 is 5.73 Å². The molecule has 0 bridgehead atoms. The van der Waals surface area contributed by atoms with E-state index in [2.05, 4.69) is 0 Å². The van der Waals surface area contributed by atoms with Crippen LogP contribution in [-0.4, -0.2) is 17.9 Å². The first-order valence-corrected chi connectivity index (χ1v) is 6.89. The van der Waals surface area contributed by atoms with Crippen LogP contribution in [0.15, 0.2) is 36.4 Å². The molecule has 0 atom stereocenters. The average molecular weight is 327 g/mol. The molecule has 6 heteroatoms. The minimum atomic E-state index is -0.447. The second-order valence-electron chi connectivity index (χ2n) is 4.60. The number of benzene rings is 2. The number of rotatable bonds is 3. The predicted octanol–water partition coefficient (Wildman–Crippen LogP) is 3.99. The Morgan fingerprint density at radius 2 is 1.95 bits per heavy atom. The molecule has 0 radical (unpaired) electrons. The van der Waals surface area contributed by atoms with Crippen molar-refractivity contribution in [2.45, 2.75) is 6.54 Å². The number of carbonyl (C=O) groups is 1. The third kappa shape index (κ3) is 3.46. The number of amides is 1. The molecule has 0 aliphatic heterocycles. The molecule has 21 heavy (non-hydrogen) atoms. The van der Waals surface area contributed by atoms with Crippen LogP contribution in [0, 0.1) is 5.82 Å². The van der Waals surface area contributed by atoms with Crippen molar-refractivity contribution in [2.24, 2.45) is 0 Å². The Hall–Kier alpha value is -1.78. The van der Waals surface area contributed by atoms with Gasteiger partial charge >= 0.3 is 0 Å². The summed E-state index contributed by atoms with van der Waals surface area (Å²) < 4.78 is 13.7. The van der Waals surface area contributed by atoms with Crippen LogP contribution in [-0.2, 0) is 6.54 Å². The van der Waals surface area contributed by atoms with Crippen LogP contribution >= 0.6 is 23.2 Å². The fourth-order valence-corrected chi connectivity index (χ4v) is 2.28. The topological polar surface area (TPSA) is 46.3 Å². The summed E-state index contributed by atoms with van der Waals surface area (Å²) in [7, 11) is 1.56. The highest BCUT2D eigenvalue weighted by atomic mass is 35.5. The molecule has 1 amide bonds. The zero-order chi connectivity index (χ0) is 15.6. The fraction of sp³-hybridized carbons (Fsp3) is 0.133. The molecule has 2 aromatic carbocycles. The van der Waals surface area contributed by atoms with Crippen LogP contribution in [0.4, 0.5) is 10.1 Å². The van der Waals surface area contributed by atoms with E-state index in [9.17, 15) is 9.18 Å². The molecule has 0 spiro atoms. The van der Waals surface area contributed by atoms with Crippen molar-refractivity contribution < 1.29 is 9.18 Å². The Morgan fingerprint density at radius 3 is 2.57 bits per heavy atom. The molecule has 0 fully saturated rings. The predicted molar refractivity (Wildman–Crippen MR) is 83.1 cm³/mol. The van der Waals surface area contributed by atoms with Crippen LogP contribution in [0.3, 0.4) is 0 Å². The van der Waals surface area contributed by atoms with E-state index in [1.807, 2.05) is 0 Å². The first-order chi connectivity index (χ1) is 9.90. The molecular formula is C15H13Cl2FN2O. The van der Waals surface area contributed by atoms with Gasteiger partial charge in [-0.25, -0.2) is 4.39 Å². The molecule has 0 unspecified atom stereocenters. The van der Waals surface area contributed by atoms with Crippen LogP contribution in [0.2, 0.25) is 10.0 Å². The van der Waals surface area contributed by atoms with Gasteiger partial charge in [-0.2, -0.15) is 0 Å². The van der Waals surface area contributed by atoms with Crippen LogP contribution in [0.25, 0.3) is 0 Å². The first-order valence-electron chi connectivity index (χ1n) is 6.13. The van der Waals surface area contributed by atoms with E-state index in [0.717, 1.165) is 0 Å². The number of nitrogens with zero attached hydrogens (tertiary/aromatic N) is 1. The van der Waals surface area contributed by atoms with Crippen LogP contribution in [0.1, 0.15) is 15.9 Å². The maximum atomic E-state index is 13.7. The number of nitrogens with two attached hydrogens (primary N) is 1. The first kappa shape index (κ1) is 15.6. The molecule has 0 aliphatic rings. The highest BCUT2D eigenvalue weighted by Gasteiger charge is 2.16. The average Bonchev–Trinajstić information content (AvgIpc) is 2.45. The lowest BCUT2D eigenvalue weighted by atomic mass is 10.1. The SMILES string of the molecule is CN(Cc1c(F)cccc1Cl)C(=O)c1ccc(N)c(Cl)c1. The number of halogens is 3. The second-order valence-corrected chi connectivity index (χ2v) is 5.41. The van der Waals surface area contributed by atoms with Crippen LogP contribution in [0.5, 0.6) is 0 Å². The molecule has 2 aromatic rings. The third-order valence-corrected chi connectivity index (χ3v) is 3.73. The number of hydrogen-bond donors (Lipinski definition) is 1. The molecule has 2 rings (SSSR count). The number of carbonyl (C=O) groups excluding carboxylic acids is 1. The van der Waals surface area contributed by atoms with E-state index < -0.39 is 5.82 Å². The van der Waals surface area contributed by atoms with Gasteiger partial charge in [-0.05, 0) is 30.3 Å². The highest BCUT2D eigenvalue weighted by molar-refractivity contribution is 6.33. The van der Waals surface area contributed by atoms with Gasteiger partial charge in [-0.1, -0.05) is 29.3 Å². The molecule has 3 nitrogen and oxygen atoms in total. The minimum absolute atomic E-state index is 0.0618. The van der Waals surface area contributed by atoms with Gasteiger partial charge in [-0.3, -0.25) is 4.79 Å². The summed E-state index contributed by atoms with van der Waals surface area (Å²) in [6.07, 6.45) is 0. The lowest BCUT2D eigenvalue weighted by Crippen LogP contribution is -2.26. The minimum Gasteiger partial charge on any atom is -0.398 e. The van der Waals surface area contributed by atoms with Gasteiger partial charge in [-0.15, -0.1) is 0 Å². The zero-order valence-electron chi connectivity index (χ0n) is 11.2. The van der Waals surface area contributed by atoms with E-state index in [-0.39, 0.29) is 23.0 Å². The van der Waals surface area contributed by atoms with Gasteiger partial charge in [0, 0.05) is 29.7 Å². The standard InChI is InChI=1S/C15H13Cl2FN2O/c1-20(8-10-11(16)3-2-4-13(10)18)15(21)9-5-6-14(19)12(17)7-9/h2-7H,8,19H2,1H3. The van der Waals surface area contributed by atoms with Crippen molar-refractivity contribution in [3.63, 3.8) is 0 Å². The maximum Gasteiger partial charge on any atom is 0.253 e. The van der Waals surface area contributed by atoms with Gasteiger partial charge in [0.25, 0.3) is 5.91 Å². The molecule has 110 valence electrons. The van der Waals surface area contributed by atoms with E-state index in [4.69, 9.17) is 28.9 Å². The lowest BCUT2D eigenvalue weighted by Gasteiger charge is -2.18. The quantitative estimate of drug-likeness (QED) is 0.867. The summed E-state index contributed by atoms with van der Waals surface area (Å²) in [5.74, 6) is -0.742. The van der Waals surface area contributed by atoms with Gasteiger partial charge in [0.05, 0.1) is 10.7 Å². The summed E-state index contributed by atoms with van der Waals surface area (Å²) in [6.45, 7) is 0.0618. The Labute approximate surface area is 132 Å². The smallest absolute Gasteiger partial charge is 0.253 e. The van der Waals surface area contributed by atoms with Crippen molar-refractivity contribution in [2.75, 3.05) is 12.8 Å².